The summed E-state index contributed by atoms with van der Waals surface area (Å²) in [6.07, 6.45) is 1.40. The molecule has 0 spiro atoms. The van der Waals surface area contributed by atoms with Gasteiger partial charge in [-0.3, -0.25) is 0 Å². The van der Waals surface area contributed by atoms with E-state index in [0.717, 1.165) is 11.1 Å². The minimum Gasteiger partial charge on any atom is -0.398 e. The number of nitrogens with one attached hydrogen (secondary N) is 1. The Labute approximate surface area is 127 Å². The number of benzene rings is 1. The molecule has 4 N–H and O–H groups in total. The summed E-state index contributed by atoms with van der Waals surface area (Å²) in [5, 5.41) is 9.52. The van der Waals surface area contributed by atoms with E-state index in [4.69, 9.17) is 5.73 Å². The second-order valence-electron chi connectivity index (χ2n) is 5.66. The first-order valence-corrected chi connectivity index (χ1v) is 8.67. The van der Waals surface area contributed by atoms with Gasteiger partial charge >= 0.3 is 0 Å². The third-order valence-electron chi connectivity index (χ3n) is 4.39. The van der Waals surface area contributed by atoms with E-state index in [9.17, 15) is 13.5 Å². The third-order valence-corrected chi connectivity index (χ3v) is 5.85. The average Bonchev–Trinajstić information content (AvgIpc) is 2.45. The van der Waals surface area contributed by atoms with E-state index in [1.807, 2.05) is 27.7 Å². The van der Waals surface area contributed by atoms with Crippen LogP contribution < -0.4 is 10.5 Å². The molecule has 1 aromatic carbocycles. The zero-order valence-electron chi connectivity index (χ0n) is 13.2. The molecule has 0 aliphatic carbocycles. The fraction of sp³-hybridized carbons (Fsp3) is 0.600. The van der Waals surface area contributed by atoms with Gasteiger partial charge in [0.25, 0.3) is 0 Å². The quantitative estimate of drug-likeness (QED) is 0.671. The van der Waals surface area contributed by atoms with Crippen molar-refractivity contribution in [3.05, 3.63) is 23.3 Å². The molecule has 0 fully saturated rings. The van der Waals surface area contributed by atoms with Crippen molar-refractivity contribution in [2.75, 3.05) is 18.9 Å². The second-order valence-corrected chi connectivity index (χ2v) is 7.40. The zero-order valence-corrected chi connectivity index (χ0v) is 14.0. The lowest BCUT2D eigenvalue weighted by Crippen LogP contribution is -2.39. The van der Waals surface area contributed by atoms with Crippen LogP contribution in [-0.4, -0.2) is 26.7 Å². The maximum Gasteiger partial charge on any atom is 0.242 e. The van der Waals surface area contributed by atoms with Gasteiger partial charge in [-0.2, -0.15) is 0 Å². The Balaban J connectivity index is 3.05. The number of aliphatic hydroxyl groups is 1. The summed E-state index contributed by atoms with van der Waals surface area (Å²) >= 11 is 0. The maximum absolute atomic E-state index is 12.4. The van der Waals surface area contributed by atoms with Crippen molar-refractivity contribution < 1.29 is 13.5 Å². The molecule has 1 aromatic rings. The summed E-state index contributed by atoms with van der Waals surface area (Å²) in [6.45, 7) is 7.78. The molecule has 0 aliphatic heterocycles. The first kappa shape index (κ1) is 17.9. The van der Waals surface area contributed by atoms with Crippen LogP contribution in [0.1, 0.15) is 37.8 Å². The lowest BCUT2D eigenvalue weighted by molar-refractivity contribution is 0.119. The summed E-state index contributed by atoms with van der Waals surface area (Å²) in [4.78, 5) is 0.102. The Kier molecular flexibility index (Phi) is 5.78. The fourth-order valence-electron chi connectivity index (χ4n) is 2.15. The number of sulfonamides is 1. The van der Waals surface area contributed by atoms with E-state index in [2.05, 4.69) is 4.72 Å². The molecule has 0 bridgehead atoms. The summed E-state index contributed by atoms with van der Waals surface area (Å²) in [5.41, 5.74) is 7.49. The standard InChI is InChI=1S/C15H26N2O3S/c1-5-15(6-2,10-18)9-17-21(19,20)14-8-12(4)11(3)7-13(14)16/h7-8,17-18H,5-6,9-10,16H2,1-4H3. The molecule has 120 valence electrons. The molecule has 0 amide bonds. The van der Waals surface area contributed by atoms with E-state index in [1.165, 1.54) is 0 Å². The SMILES string of the molecule is CCC(CC)(CO)CNS(=O)(=O)c1cc(C)c(C)cc1N. The van der Waals surface area contributed by atoms with Gasteiger partial charge in [0.15, 0.2) is 0 Å². The number of aryl methyl sites for hydroxylation is 2. The number of hydrogen-bond donors (Lipinski definition) is 3. The van der Waals surface area contributed by atoms with Crippen LogP contribution in [0.25, 0.3) is 0 Å². The third kappa shape index (κ3) is 3.96. The van der Waals surface area contributed by atoms with E-state index >= 15 is 0 Å². The van der Waals surface area contributed by atoms with Crippen LogP contribution in [0.5, 0.6) is 0 Å². The molecule has 0 saturated carbocycles. The highest BCUT2D eigenvalue weighted by atomic mass is 32.2. The van der Waals surface area contributed by atoms with Crippen molar-refractivity contribution in [3.63, 3.8) is 0 Å². The maximum atomic E-state index is 12.4. The molecule has 21 heavy (non-hydrogen) atoms. The molecular formula is C15H26N2O3S. The first-order chi connectivity index (χ1) is 9.71. The molecule has 0 unspecified atom stereocenters. The molecule has 1 rings (SSSR count). The van der Waals surface area contributed by atoms with Crippen LogP contribution in [0.3, 0.4) is 0 Å². The van der Waals surface area contributed by atoms with Gasteiger partial charge in [0, 0.05) is 18.6 Å². The van der Waals surface area contributed by atoms with Crippen LogP contribution in [0.2, 0.25) is 0 Å². The Bertz CT molecular complexity index is 585. The number of nitrogen functional groups attached to an aromatic ring is 1. The predicted molar refractivity (Wildman–Crippen MR) is 85.6 cm³/mol. The fourth-order valence-corrected chi connectivity index (χ4v) is 3.50. The average molecular weight is 314 g/mol. The Morgan fingerprint density at radius 3 is 2.19 bits per heavy atom. The molecule has 0 radical (unpaired) electrons. The number of nitrogens with two attached hydrogens (primary N) is 1. The van der Waals surface area contributed by atoms with Crippen LogP contribution in [0, 0.1) is 19.3 Å². The van der Waals surface area contributed by atoms with E-state index < -0.39 is 15.4 Å². The highest BCUT2D eigenvalue weighted by molar-refractivity contribution is 7.89. The highest BCUT2D eigenvalue weighted by Crippen LogP contribution is 2.27. The van der Waals surface area contributed by atoms with Crippen molar-refractivity contribution in [3.8, 4) is 0 Å². The normalized spacial score (nSPS) is 12.6. The number of anilines is 1. The smallest absolute Gasteiger partial charge is 0.242 e. The van der Waals surface area contributed by atoms with Gasteiger partial charge in [0.05, 0.1) is 5.69 Å². The largest absolute Gasteiger partial charge is 0.398 e. The first-order valence-electron chi connectivity index (χ1n) is 7.18. The highest BCUT2D eigenvalue weighted by Gasteiger charge is 2.28. The van der Waals surface area contributed by atoms with Crippen LogP contribution in [0.15, 0.2) is 17.0 Å². The van der Waals surface area contributed by atoms with Gasteiger partial charge in [-0.05, 0) is 49.9 Å². The van der Waals surface area contributed by atoms with Gasteiger partial charge in [0.1, 0.15) is 4.90 Å². The number of hydrogen-bond acceptors (Lipinski definition) is 4. The lowest BCUT2D eigenvalue weighted by atomic mass is 9.84. The van der Waals surface area contributed by atoms with Gasteiger partial charge in [-0.25, -0.2) is 13.1 Å². The van der Waals surface area contributed by atoms with Crippen molar-refractivity contribution >= 4 is 15.7 Å². The predicted octanol–water partition coefficient (Wildman–Crippen LogP) is 1.96. The number of rotatable bonds is 7. The van der Waals surface area contributed by atoms with E-state index in [0.29, 0.717) is 12.8 Å². The molecule has 5 nitrogen and oxygen atoms in total. The summed E-state index contributed by atoms with van der Waals surface area (Å²) in [7, 11) is -3.68. The van der Waals surface area contributed by atoms with Gasteiger partial charge in [-0.1, -0.05) is 13.8 Å². The minimum atomic E-state index is -3.68. The minimum absolute atomic E-state index is 0.0507. The van der Waals surface area contributed by atoms with Crippen molar-refractivity contribution in [1.29, 1.82) is 0 Å². The topological polar surface area (TPSA) is 92.4 Å². The van der Waals surface area contributed by atoms with Crippen molar-refractivity contribution in [2.45, 2.75) is 45.4 Å². The Morgan fingerprint density at radius 1 is 1.19 bits per heavy atom. The summed E-state index contributed by atoms with van der Waals surface area (Å²) in [6, 6.07) is 3.26. The summed E-state index contributed by atoms with van der Waals surface area (Å²) in [5.74, 6) is 0. The molecule has 0 atom stereocenters. The van der Waals surface area contributed by atoms with E-state index in [-0.39, 0.29) is 23.7 Å². The van der Waals surface area contributed by atoms with Gasteiger partial charge in [-0.15, -0.1) is 0 Å². The number of aliphatic hydroxyl groups excluding tert-OH is 1. The van der Waals surface area contributed by atoms with Crippen LogP contribution in [-0.2, 0) is 10.0 Å². The van der Waals surface area contributed by atoms with Crippen LogP contribution in [0.4, 0.5) is 5.69 Å². The zero-order chi connectivity index (χ0) is 16.3. The molecule has 0 saturated heterocycles. The van der Waals surface area contributed by atoms with Crippen molar-refractivity contribution in [2.24, 2.45) is 5.41 Å². The summed E-state index contributed by atoms with van der Waals surface area (Å²) < 4.78 is 27.5. The van der Waals surface area contributed by atoms with Crippen LogP contribution >= 0.6 is 0 Å². The lowest BCUT2D eigenvalue weighted by Gasteiger charge is -2.29. The van der Waals surface area contributed by atoms with Crippen molar-refractivity contribution in [1.82, 2.24) is 4.72 Å². The second kappa shape index (κ2) is 6.77. The van der Waals surface area contributed by atoms with E-state index in [1.54, 1.807) is 12.1 Å². The Hall–Kier alpha value is -1.11. The van der Waals surface area contributed by atoms with Gasteiger partial charge in [0.2, 0.25) is 10.0 Å². The molecule has 0 heterocycles. The molecule has 0 aromatic heterocycles. The Morgan fingerprint density at radius 2 is 1.71 bits per heavy atom. The van der Waals surface area contributed by atoms with Gasteiger partial charge < -0.3 is 10.8 Å². The molecular weight excluding hydrogens is 288 g/mol. The molecule has 6 heteroatoms. The molecule has 0 aliphatic rings. The monoisotopic (exact) mass is 314 g/mol.